The SMILES string of the molecule is Cn1cc([N]c2ccccc2)nn1. The maximum atomic E-state index is 4.27. The van der Waals surface area contributed by atoms with E-state index in [1.54, 1.807) is 10.9 Å². The van der Waals surface area contributed by atoms with Gasteiger partial charge in [0.15, 0.2) is 5.82 Å². The quantitative estimate of drug-likeness (QED) is 0.688. The van der Waals surface area contributed by atoms with Crippen LogP contribution < -0.4 is 5.32 Å². The molecule has 0 aliphatic carbocycles. The summed E-state index contributed by atoms with van der Waals surface area (Å²) in [5.41, 5.74) is 0.892. The van der Waals surface area contributed by atoms with Crippen molar-refractivity contribution in [2.24, 2.45) is 7.05 Å². The number of rotatable bonds is 2. The van der Waals surface area contributed by atoms with E-state index in [0.717, 1.165) is 5.69 Å². The zero-order chi connectivity index (χ0) is 9.10. The maximum absolute atomic E-state index is 4.27. The summed E-state index contributed by atoms with van der Waals surface area (Å²) in [5.74, 6) is 0.633. The van der Waals surface area contributed by atoms with Crippen LogP contribution in [0, 0.1) is 0 Å². The highest BCUT2D eigenvalue weighted by Crippen LogP contribution is 2.12. The third-order valence-corrected chi connectivity index (χ3v) is 1.59. The van der Waals surface area contributed by atoms with E-state index >= 15 is 0 Å². The van der Waals surface area contributed by atoms with Crippen molar-refractivity contribution >= 4 is 11.5 Å². The number of para-hydroxylation sites is 1. The fourth-order valence-electron chi connectivity index (χ4n) is 1.02. The standard InChI is InChI=1S/C9H9N4/c1-13-7-9(11-12-13)10-8-5-3-2-4-6-8/h2-7H,1H3. The first-order chi connectivity index (χ1) is 6.34. The second-order valence-corrected chi connectivity index (χ2v) is 2.70. The molecule has 0 N–H and O–H groups in total. The monoisotopic (exact) mass is 173 g/mol. The molecule has 0 amide bonds. The van der Waals surface area contributed by atoms with Crippen molar-refractivity contribution in [3.63, 3.8) is 0 Å². The number of benzene rings is 1. The minimum atomic E-state index is 0.633. The van der Waals surface area contributed by atoms with Crippen molar-refractivity contribution in [1.82, 2.24) is 20.3 Å². The molecule has 0 unspecified atom stereocenters. The molecule has 1 radical (unpaired) electrons. The molecule has 65 valence electrons. The Hall–Kier alpha value is -1.84. The van der Waals surface area contributed by atoms with Crippen LogP contribution in [0.3, 0.4) is 0 Å². The molecule has 2 aromatic rings. The Morgan fingerprint density at radius 3 is 2.62 bits per heavy atom. The van der Waals surface area contributed by atoms with Crippen molar-refractivity contribution in [2.45, 2.75) is 0 Å². The van der Waals surface area contributed by atoms with E-state index in [1.807, 2.05) is 37.4 Å². The molecule has 0 atom stereocenters. The Labute approximate surface area is 76.2 Å². The van der Waals surface area contributed by atoms with Crippen LogP contribution in [0.2, 0.25) is 0 Å². The molecule has 1 aromatic heterocycles. The Bertz CT molecular complexity index is 380. The van der Waals surface area contributed by atoms with Gasteiger partial charge in [-0.25, -0.2) is 5.32 Å². The molecule has 0 bridgehead atoms. The van der Waals surface area contributed by atoms with Crippen LogP contribution in [-0.4, -0.2) is 15.0 Å². The van der Waals surface area contributed by atoms with E-state index in [-0.39, 0.29) is 0 Å². The second kappa shape index (κ2) is 3.26. The van der Waals surface area contributed by atoms with Gasteiger partial charge < -0.3 is 0 Å². The molecule has 0 fully saturated rings. The van der Waals surface area contributed by atoms with Crippen LogP contribution in [0.15, 0.2) is 36.5 Å². The predicted octanol–water partition coefficient (Wildman–Crippen LogP) is 1.38. The van der Waals surface area contributed by atoms with Gasteiger partial charge in [-0.2, -0.15) is 0 Å². The fourth-order valence-corrected chi connectivity index (χ4v) is 1.02. The summed E-state index contributed by atoms with van der Waals surface area (Å²) in [5, 5.41) is 11.9. The van der Waals surface area contributed by atoms with Gasteiger partial charge in [-0.05, 0) is 12.1 Å². The molecule has 2 rings (SSSR count). The molecular weight excluding hydrogens is 164 g/mol. The second-order valence-electron chi connectivity index (χ2n) is 2.70. The van der Waals surface area contributed by atoms with Gasteiger partial charge in [-0.15, -0.1) is 5.10 Å². The maximum Gasteiger partial charge on any atom is 0.194 e. The van der Waals surface area contributed by atoms with Gasteiger partial charge in [0.1, 0.15) is 0 Å². The van der Waals surface area contributed by atoms with E-state index in [2.05, 4.69) is 15.6 Å². The first kappa shape index (κ1) is 7.79. The summed E-state index contributed by atoms with van der Waals surface area (Å²) >= 11 is 0. The zero-order valence-electron chi connectivity index (χ0n) is 7.25. The number of hydrogen-bond acceptors (Lipinski definition) is 2. The van der Waals surface area contributed by atoms with Crippen molar-refractivity contribution < 1.29 is 0 Å². The lowest BCUT2D eigenvalue weighted by molar-refractivity contribution is 0.714. The lowest BCUT2D eigenvalue weighted by atomic mass is 10.3. The van der Waals surface area contributed by atoms with Crippen LogP contribution in [0.4, 0.5) is 11.5 Å². The molecule has 4 heteroatoms. The van der Waals surface area contributed by atoms with Crippen LogP contribution in [0.1, 0.15) is 0 Å². The Balaban J connectivity index is 2.15. The van der Waals surface area contributed by atoms with Gasteiger partial charge in [-0.3, -0.25) is 4.68 Å². The van der Waals surface area contributed by atoms with Crippen molar-refractivity contribution in [2.75, 3.05) is 0 Å². The largest absolute Gasteiger partial charge is 0.253 e. The summed E-state index contributed by atoms with van der Waals surface area (Å²) in [7, 11) is 1.82. The van der Waals surface area contributed by atoms with E-state index in [0.29, 0.717) is 5.82 Å². The molecule has 0 saturated heterocycles. The first-order valence-electron chi connectivity index (χ1n) is 3.98. The average molecular weight is 173 g/mol. The molecule has 13 heavy (non-hydrogen) atoms. The van der Waals surface area contributed by atoms with Crippen molar-refractivity contribution in [3.05, 3.63) is 36.5 Å². The summed E-state index contributed by atoms with van der Waals surface area (Å²) in [6.07, 6.45) is 1.77. The fraction of sp³-hybridized carbons (Fsp3) is 0.111. The number of hydrogen-bond donors (Lipinski definition) is 0. The highest BCUT2D eigenvalue weighted by atomic mass is 15.4. The first-order valence-corrected chi connectivity index (χ1v) is 3.98. The molecular formula is C9H9N4. The molecule has 1 aromatic carbocycles. The van der Waals surface area contributed by atoms with Crippen molar-refractivity contribution in [3.8, 4) is 0 Å². The topological polar surface area (TPSA) is 44.8 Å². The highest BCUT2D eigenvalue weighted by Gasteiger charge is 1.99. The van der Waals surface area contributed by atoms with Gasteiger partial charge in [0, 0.05) is 7.05 Å². The Morgan fingerprint density at radius 1 is 1.23 bits per heavy atom. The van der Waals surface area contributed by atoms with Crippen LogP contribution >= 0.6 is 0 Å². The Kier molecular flexibility index (Phi) is 1.96. The molecule has 1 heterocycles. The minimum absolute atomic E-state index is 0.633. The highest BCUT2D eigenvalue weighted by molar-refractivity contribution is 5.42. The number of aryl methyl sites for hydroxylation is 1. The number of aromatic nitrogens is 3. The molecule has 4 nitrogen and oxygen atoms in total. The lowest BCUT2D eigenvalue weighted by Gasteiger charge is -1.95. The number of nitrogens with zero attached hydrogens (tertiary/aromatic N) is 4. The van der Waals surface area contributed by atoms with Crippen molar-refractivity contribution in [1.29, 1.82) is 0 Å². The normalized spacial score (nSPS) is 9.92. The van der Waals surface area contributed by atoms with Crippen LogP contribution in [-0.2, 0) is 7.05 Å². The summed E-state index contributed by atoms with van der Waals surface area (Å²) in [6.45, 7) is 0. The van der Waals surface area contributed by atoms with Gasteiger partial charge in [0.25, 0.3) is 0 Å². The summed E-state index contributed by atoms with van der Waals surface area (Å²) in [6, 6.07) is 9.68. The molecule has 0 aliphatic heterocycles. The average Bonchev–Trinajstić information content (AvgIpc) is 2.53. The smallest absolute Gasteiger partial charge is 0.194 e. The van der Waals surface area contributed by atoms with Gasteiger partial charge in [-0.1, -0.05) is 23.4 Å². The van der Waals surface area contributed by atoms with Gasteiger partial charge in [0.2, 0.25) is 0 Å². The Morgan fingerprint density at radius 2 is 2.00 bits per heavy atom. The van der Waals surface area contributed by atoms with Gasteiger partial charge >= 0.3 is 0 Å². The molecule has 0 spiro atoms. The third kappa shape index (κ3) is 1.84. The van der Waals surface area contributed by atoms with E-state index < -0.39 is 0 Å². The zero-order valence-corrected chi connectivity index (χ0v) is 7.25. The molecule has 0 saturated carbocycles. The van der Waals surface area contributed by atoms with E-state index in [4.69, 9.17) is 0 Å². The summed E-state index contributed by atoms with van der Waals surface area (Å²) < 4.78 is 1.63. The summed E-state index contributed by atoms with van der Waals surface area (Å²) in [4.78, 5) is 0. The predicted molar refractivity (Wildman–Crippen MR) is 48.9 cm³/mol. The lowest BCUT2D eigenvalue weighted by Crippen LogP contribution is -1.87. The third-order valence-electron chi connectivity index (χ3n) is 1.59. The van der Waals surface area contributed by atoms with E-state index in [1.165, 1.54) is 0 Å². The molecule has 0 aliphatic rings. The minimum Gasteiger partial charge on any atom is -0.253 e. The van der Waals surface area contributed by atoms with Crippen LogP contribution in [0.25, 0.3) is 0 Å². The van der Waals surface area contributed by atoms with Crippen LogP contribution in [0.5, 0.6) is 0 Å². The van der Waals surface area contributed by atoms with E-state index in [9.17, 15) is 0 Å². The van der Waals surface area contributed by atoms with Gasteiger partial charge in [0.05, 0.1) is 11.9 Å².